The smallest absolute Gasteiger partial charge is 0.268 e. The first-order chi connectivity index (χ1) is 13.1. The number of nitrogens with zero attached hydrogens (tertiary/aromatic N) is 3. The Morgan fingerprint density at radius 2 is 2.28 bits per heavy atom. The molecule has 0 aliphatic carbocycles. The van der Waals surface area contributed by atoms with Crippen molar-refractivity contribution in [2.75, 3.05) is 25.1 Å². The third-order valence-corrected chi connectivity index (χ3v) is 4.71. The van der Waals surface area contributed by atoms with Gasteiger partial charge in [0.1, 0.15) is 11.6 Å². The first-order valence-corrected chi connectivity index (χ1v) is 8.08. The minimum atomic E-state index is -2.27. The fraction of sp³-hybridized carbons (Fsp3) is 0.500. The first kappa shape index (κ1) is 13.8. The van der Waals surface area contributed by atoms with E-state index in [2.05, 4.69) is 9.97 Å². The summed E-state index contributed by atoms with van der Waals surface area (Å²) in [5.41, 5.74) is -0.538. The van der Waals surface area contributed by atoms with E-state index < -0.39 is 24.1 Å². The number of rotatable bonds is 3. The average molecular weight is 345 g/mol. The quantitative estimate of drug-likeness (QED) is 0.880. The number of hydrogen-bond donors (Lipinski definition) is 2. The zero-order chi connectivity index (χ0) is 20.7. The predicted octanol–water partition coefficient (Wildman–Crippen LogP) is 1.85. The molecule has 0 aromatic carbocycles. The molecule has 2 aromatic heterocycles. The molecule has 0 radical (unpaired) electrons. The van der Waals surface area contributed by atoms with Crippen LogP contribution >= 0.6 is 0 Å². The van der Waals surface area contributed by atoms with Crippen molar-refractivity contribution in [2.24, 2.45) is 0 Å². The molecule has 2 aromatic rings. The van der Waals surface area contributed by atoms with Gasteiger partial charge < -0.3 is 19.7 Å². The van der Waals surface area contributed by atoms with Gasteiger partial charge in [-0.1, -0.05) is 0 Å². The molecule has 1 saturated heterocycles. The Morgan fingerprint density at radius 1 is 1.56 bits per heavy atom. The average Bonchev–Trinajstić information content (AvgIpc) is 2.65. The molecule has 0 bridgehead atoms. The van der Waals surface area contributed by atoms with Gasteiger partial charge in [0.15, 0.2) is 0 Å². The van der Waals surface area contributed by atoms with Crippen molar-refractivity contribution in [1.29, 1.82) is 5.26 Å². The van der Waals surface area contributed by atoms with E-state index in [1.807, 2.05) is 11.0 Å². The maximum Gasteiger partial charge on any atom is 0.268 e. The third-order valence-electron chi connectivity index (χ3n) is 4.71. The van der Waals surface area contributed by atoms with Crippen LogP contribution in [-0.2, 0) is 4.74 Å². The van der Waals surface area contributed by atoms with Gasteiger partial charge in [-0.25, -0.2) is 0 Å². The minimum absolute atomic E-state index is 0.0472. The van der Waals surface area contributed by atoms with Gasteiger partial charge in [0.05, 0.1) is 34.8 Å². The number of aromatic amines is 1. The number of aromatic nitrogens is 2. The molecule has 132 valence electrons. The van der Waals surface area contributed by atoms with Crippen molar-refractivity contribution in [2.45, 2.75) is 38.3 Å². The molecule has 1 aliphatic heterocycles. The number of methoxy groups -OCH3 is 1. The van der Waals surface area contributed by atoms with Crippen LogP contribution in [0.4, 0.5) is 5.69 Å². The Morgan fingerprint density at radius 3 is 2.84 bits per heavy atom. The maximum absolute atomic E-state index is 12.4. The number of aliphatic hydroxyl groups excluding tert-OH is 1. The highest BCUT2D eigenvalue weighted by atomic mass is 16.5. The Bertz CT molecular complexity index is 986. The summed E-state index contributed by atoms with van der Waals surface area (Å²) in [6, 6.07) is 3.60. The lowest BCUT2D eigenvalue weighted by molar-refractivity contribution is -0.0132. The molecule has 1 atom stereocenters. The van der Waals surface area contributed by atoms with Gasteiger partial charge in [0.2, 0.25) is 0 Å². The lowest BCUT2D eigenvalue weighted by Crippen LogP contribution is -2.44. The van der Waals surface area contributed by atoms with Crippen molar-refractivity contribution >= 4 is 16.6 Å². The van der Waals surface area contributed by atoms with Gasteiger partial charge in [-0.2, -0.15) is 5.26 Å². The fourth-order valence-corrected chi connectivity index (χ4v) is 3.15. The van der Waals surface area contributed by atoms with E-state index in [1.165, 1.54) is 13.3 Å². The Hall–Kier alpha value is -2.43. The summed E-state index contributed by atoms with van der Waals surface area (Å²) in [5.74, 6) is 0. The molecule has 7 nitrogen and oxygen atoms in total. The van der Waals surface area contributed by atoms with Crippen LogP contribution in [-0.4, -0.2) is 40.9 Å². The summed E-state index contributed by atoms with van der Waals surface area (Å²) in [6.07, 6.45) is 1.10. The number of anilines is 1. The van der Waals surface area contributed by atoms with Crippen LogP contribution in [0.5, 0.6) is 0 Å². The monoisotopic (exact) mass is 345 g/mol. The number of aliphatic hydroxyl groups is 1. The Balaban J connectivity index is 2.11. The Labute approximate surface area is 150 Å². The molecule has 1 aliphatic rings. The number of pyridine rings is 2. The van der Waals surface area contributed by atoms with E-state index in [1.54, 1.807) is 13.0 Å². The number of piperidine rings is 1. The summed E-state index contributed by atoms with van der Waals surface area (Å²) >= 11 is 0. The van der Waals surface area contributed by atoms with Crippen LogP contribution in [0.15, 0.2) is 17.1 Å². The molecule has 1 fully saturated rings. The second-order valence-electron chi connectivity index (χ2n) is 6.31. The van der Waals surface area contributed by atoms with Crippen LogP contribution in [0.2, 0.25) is 0 Å². The van der Waals surface area contributed by atoms with Gasteiger partial charge >= 0.3 is 0 Å². The molecule has 3 heterocycles. The number of nitrogens with one attached hydrogen (secondary N) is 1. The van der Waals surface area contributed by atoms with E-state index in [0.717, 1.165) is 0 Å². The first-order valence-electron chi connectivity index (χ1n) is 9.58. The third kappa shape index (κ3) is 3.11. The molecular formula is C18H22N4O3. The molecule has 25 heavy (non-hydrogen) atoms. The predicted molar refractivity (Wildman–Crippen MR) is 94.6 cm³/mol. The van der Waals surface area contributed by atoms with Crippen molar-refractivity contribution in [3.05, 3.63) is 33.9 Å². The standard InChI is InChI=1S/C18H22N4O3/c1-11(23)14-8-12-15(10-20-14)21-17(24)13(9-19)16(12)22-6-4-18(2,25-3)5-7-22/h8,10-11,23H,4-7H2,1-3H3,(H,21,24)/i2D3. The normalized spacial score (nSPS) is 20.4. The van der Waals surface area contributed by atoms with Crippen LogP contribution in [0, 0.1) is 11.3 Å². The summed E-state index contributed by atoms with van der Waals surface area (Å²) in [6.45, 7) is -0.0714. The molecule has 1 unspecified atom stereocenters. The molecule has 0 saturated carbocycles. The van der Waals surface area contributed by atoms with Crippen molar-refractivity contribution in [3.8, 4) is 6.07 Å². The second kappa shape index (κ2) is 6.47. The van der Waals surface area contributed by atoms with Crippen LogP contribution < -0.4 is 10.5 Å². The maximum atomic E-state index is 12.4. The van der Waals surface area contributed by atoms with Gasteiger partial charge in [0, 0.05) is 29.7 Å². The van der Waals surface area contributed by atoms with Crippen LogP contribution in [0.3, 0.4) is 0 Å². The highest BCUT2D eigenvalue weighted by molar-refractivity contribution is 5.94. The number of H-pyrrole nitrogens is 1. The second-order valence-corrected chi connectivity index (χ2v) is 6.31. The molecule has 0 spiro atoms. The molecule has 7 heteroatoms. The number of nitriles is 1. The van der Waals surface area contributed by atoms with E-state index in [9.17, 15) is 15.2 Å². The molecule has 2 N–H and O–H groups in total. The number of fused-ring (bicyclic) bond motifs is 1. The SMILES string of the molecule is [2H]C([2H])([2H])C1(OC)CCN(c2c(C#N)c(=O)[nH]c3cnc(C(C)O)cc23)CC1. The fourth-order valence-electron chi connectivity index (χ4n) is 3.15. The van der Waals surface area contributed by atoms with Crippen LogP contribution in [0.25, 0.3) is 10.9 Å². The van der Waals surface area contributed by atoms with E-state index >= 15 is 0 Å². The van der Waals surface area contributed by atoms with E-state index in [4.69, 9.17) is 8.85 Å². The van der Waals surface area contributed by atoms with Crippen molar-refractivity contribution < 1.29 is 14.0 Å². The zero-order valence-electron chi connectivity index (χ0n) is 17.2. The summed E-state index contributed by atoms with van der Waals surface area (Å²) in [5, 5.41) is 20.0. The minimum Gasteiger partial charge on any atom is -0.387 e. The van der Waals surface area contributed by atoms with Gasteiger partial charge in [-0.05, 0) is 32.7 Å². The zero-order valence-corrected chi connectivity index (χ0v) is 14.2. The number of hydrogen-bond acceptors (Lipinski definition) is 6. The highest BCUT2D eigenvalue weighted by Gasteiger charge is 2.32. The van der Waals surface area contributed by atoms with Crippen molar-refractivity contribution in [3.63, 3.8) is 0 Å². The van der Waals surface area contributed by atoms with Gasteiger partial charge in [-0.3, -0.25) is 9.78 Å². The summed E-state index contributed by atoms with van der Waals surface area (Å²) < 4.78 is 28.8. The van der Waals surface area contributed by atoms with Crippen molar-refractivity contribution in [1.82, 2.24) is 9.97 Å². The summed E-state index contributed by atoms with van der Waals surface area (Å²) in [7, 11) is 1.39. The van der Waals surface area contributed by atoms with E-state index in [0.29, 0.717) is 35.4 Å². The molecular weight excluding hydrogens is 320 g/mol. The number of ether oxygens (including phenoxy) is 1. The lowest BCUT2D eigenvalue weighted by Gasteiger charge is -2.40. The molecule has 0 amide bonds. The topological polar surface area (TPSA) is 102 Å². The molecule has 3 rings (SSSR count). The largest absolute Gasteiger partial charge is 0.387 e. The highest BCUT2D eigenvalue weighted by Crippen LogP contribution is 2.33. The van der Waals surface area contributed by atoms with E-state index in [-0.39, 0.29) is 18.4 Å². The summed E-state index contributed by atoms with van der Waals surface area (Å²) in [4.78, 5) is 21.0. The van der Waals surface area contributed by atoms with Crippen LogP contribution in [0.1, 0.15) is 48.1 Å². The van der Waals surface area contributed by atoms with Gasteiger partial charge in [-0.15, -0.1) is 0 Å². The van der Waals surface area contributed by atoms with Gasteiger partial charge in [0.25, 0.3) is 5.56 Å². The Kier molecular flexibility index (Phi) is 3.57. The lowest BCUT2D eigenvalue weighted by atomic mass is 9.92.